The summed E-state index contributed by atoms with van der Waals surface area (Å²) in [6.07, 6.45) is 1.22. The molecule has 0 saturated heterocycles. The van der Waals surface area contributed by atoms with Crippen molar-refractivity contribution in [3.63, 3.8) is 0 Å². The minimum absolute atomic E-state index is 0.0934. The molecule has 0 N–H and O–H groups in total. The zero-order chi connectivity index (χ0) is 13.6. The number of hydrogen-bond acceptors (Lipinski definition) is 3. The normalized spacial score (nSPS) is 10.8. The Bertz CT molecular complexity index is 395. The Morgan fingerprint density at radius 3 is 2.39 bits per heavy atom. The molecule has 4 nitrogen and oxygen atoms in total. The van der Waals surface area contributed by atoms with Gasteiger partial charge in [0.05, 0.1) is 6.54 Å². The number of nitrogens with zero attached hydrogens (tertiary/aromatic N) is 1. The first-order valence-corrected chi connectivity index (χ1v) is 5.79. The van der Waals surface area contributed by atoms with Crippen LogP contribution in [0.1, 0.15) is 26.3 Å². The van der Waals surface area contributed by atoms with Gasteiger partial charge in [-0.05, 0) is 26.3 Å². The Hall–Kier alpha value is -1.84. The van der Waals surface area contributed by atoms with E-state index in [2.05, 4.69) is 0 Å². The fourth-order valence-electron chi connectivity index (χ4n) is 1.39. The van der Waals surface area contributed by atoms with Crippen LogP contribution in [0.5, 0.6) is 0 Å². The second-order valence-electron chi connectivity index (χ2n) is 4.97. The van der Waals surface area contributed by atoms with E-state index in [4.69, 9.17) is 4.74 Å². The van der Waals surface area contributed by atoms with Gasteiger partial charge >= 0.3 is 6.09 Å². The highest BCUT2D eigenvalue weighted by atomic mass is 16.6. The molecule has 97 valence electrons. The number of hydrogen-bond donors (Lipinski definition) is 0. The van der Waals surface area contributed by atoms with Crippen LogP contribution in [0.2, 0.25) is 0 Å². The lowest BCUT2D eigenvalue weighted by Crippen LogP contribution is -2.37. The average molecular weight is 248 g/mol. The molecule has 0 heterocycles. The molecule has 4 heteroatoms. The summed E-state index contributed by atoms with van der Waals surface area (Å²) in [5, 5.41) is 0. The molecule has 1 rings (SSSR count). The number of carbonyl (C=O) groups excluding carboxylic acids is 2. The van der Waals surface area contributed by atoms with Crippen LogP contribution in [0.25, 0.3) is 0 Å². The quantitative estimate of drug-likeness (QED) is 0.822. The third-order valence-electron chi connectivity index (χ3n) is 2.12. The van der Waals surface area contributed by atoms with Crippen LogP contribution >= 0.6 is 0 Å². The maximum atomic E-state index is 11.9. The smallest absolute Gasteiger partial charge is 0.411 e. The topological polar surface area (TPSA) is 46.6 Å². The lowest BCUT2D eigenvalue weighted by molar-refractivity contribution is 0.0263. The zero-order valence-electron chi connectivity index (χ0n) is 11.0. The number of amides is 1. The lowest BCUT2D eigenvalue weighted by atomic mass is 10.2. The van der Waals surface area contributed by atoms with Gasteiger partial charge in [-0.1, -0.05) is 30.3 Å². The molecule has 0 spiro atoms. The fraction of sp³-hybridized carbons (Fsp3) is 0.429. The third-order valence-corrected chi connectivity index (χ3v) is 2.12. The van der Waals surface area contributed by atoms with Crippen LogP contribution in [0, 0.1) is 0 Å². The Morgan fingerprint density at radius 2 is 1.89 bits per heavy atom. The van der Waals surface area contributed by atoms with E-state index in [-0.39, 0.29) is 6.54 Å². The fourth-order valence-corrected chi connectivity index (χ4v) is 1.39. The molecule has 0 aliphatic rings. The first kappa shape index (κ1) is 14.2. The second-order valence-corrected chi connectivity index (χ2v) is 4.97. The van der Waals surface area contributed by atoms with Gasteiger partial charge in [0.2, 0.25) is 6.29 Å². The van der Waals surface area contributed by atoms with E-state index in [1.165, 1.54) is 4.90 Å². The maximum absolute atomic E-state index is 11.9. The summed E-state index contributed by atoms with van der Waals surface area (Å²) in [5.74, 6) is 0. The summed E-state index contributed by atoms with van der Waals surface area (Å²) in [4.78, 5) is 23.7. The van der Waals surface area contributed by atoms with Crippen molar-refractivity contribution in [2.45, 2.75) is 32.9 Å². The molecule has 0 saturated carbocycles. The molecule has 0 aliphatic carbocycles. The van der Waals surface area contributed by atoms with Crippen molar-refractivity contribution in [1.82, 2.24) is 4.90 Å². The molecule has 1 aromatic rings. The molecule has 0 aliphatic heterocycles. The minimum atomic E-state index is -0.574. The van der Waals surface area contributed by atoms with Crippen molar-refractivity contribution in [2.75, 3.05) is 6.54 Å². The Kier molecular flexibility index (Phi) is 4.89. The van der Waals surface area contributed by atoms with E-state index in [0.717, 1.165) is 5.56 Å². The SMILES string of the molecule is CC(C)(C)OC(=O)N(C[C]=O)Cc1ccccc1. The van der Waals surface area contributed by atoms with Crippen LogP contribution < -0.4 is 0 Å². The van der Waals surface area contributed by atoms with Crippen molar-refractivity contribution >= 4 is 12.4 Å². The van der Waals surface area contributed by atoms with E-state index in [1.54, 1.807) is 27.1 Å². The van der Waals surface area contributed by atoms with Crippen LogP contribution in [0.3, 0.4) is 0 Å². The van der Waals surface area contributed by atoms with Gasteiger partial charge in [-0.15, -0.1) is 0 Å². The standard InChI is InChI=1S/C14H18NO3/c1-14(2,3)18-13(17)15(9-10-16)11-12-7-5-4-6-8-12/h4-8H,9,11H2,1-3H3. The van der Waals surface area contributed by atoms with E-state index < -0.39 is 11.7 Å². The van der Waals surface area contributed by atoms with E-state index in [9.17, 15) is 9.59 Å². The Balaban J connectivity index is 2.71. The van der Waals surface area contributed by atoms with Crippen LogP contribution in [-0.4, -0.2) is 29.4 Å². The molecular formula is C14H18NO3. The first-order valence-electron chi connectivity index (χ1n) is 5.79. The van der Waals surface area contributed by atoms with Crippen LogP contribution in [-0.2, 0) is 16.1 Å². The summed E-state index contributed by atoms with van der Waals surface area (Å²) in [5.41, 5.74) is 0.369. The highest BCUT2D eigenvalue weighted by Crippen LogP contribution is 2.12. The highest BCUT2D eigenvalue weighted by molar-refractivity contribution is 5.71. The van der Waals surface area contributed by atoms with Crippen molar-refractivity contribution in [3.05, 3.63) is 35.9 Å². The third kappa shape index (κ3) is 4.99. The first-order chi connectivity index (χ1) is 8.42. The van der Waals surface area contributed by atoms with Gasteiger partial charge in [0, 0.05) is 6.54 Å². The molecule has 1 radical (unpaired) electrons. The van der Waals surface area contributed by atoms with E-state index in [0.29, 0.717) is 6.54 Å². The second kappa shape index (κ2) is 6.19. The Labute approximate surface area is 108 Å². The minimum Gasteiger partial charge on any atom is -0.444 e. The zero-order valence-corrected chi connectivity index (χ0v) is 11.0. The van der Waals surface area contributed by atoms with Gasteiger partial charge in [-0.3, -0.25) is 9.69 Å². The predicted molar refractivity (Wildman–Crippen MR) is 68.8 cm³/mol. The van der Waals surface area contributed by atoms with Crippen molar-refractivity contribution in [3.8, 4) is 0 Å². The molecule has 0 aromatic heterocycles. The molecule has 1 amide bonds. The van der Waals surface area contributed by atoms with Crippen molar-refractivity contribution in [2.24, 2.45) is 0 Å². The van der Waals surface area contributed by atoms with Crippen molar-refractivity contribution < 1.29 is 14.3 Å². The summed E-state index contributed by atoms with van der Waals surface area (Å²) >= 11 is 0. The largest absolute Gasteiger partial charge is 0.444 e. The number of rotatable bonds is 4. The van der Waals surface area contributed by atoms with Gasteiger partial charge in [-0.2, -0.15) is 0 Å². The maximum Gasteiger partial charge on any atom is 0.411 e. The molecule has 0 fully saturated rings. The van der Waals surface area contributed by atoms with Gasteiger partial charge in [0.25, 0.3) is 0 Å². The number of ether oxygens (including phenoxy) is 1. The monoisotopic (exact) mass is 248 g/mol. The molecule has 0 bridgehead atoms. The molecule has 1 aromatic carbocycles. The summed E-state index contributed by atoms with van der Waals surface area (Å²) in [7, 11) is 0. The summed E-state index contributed by atoms with van der Waals surface area (Å²) in [6, 6.07) is 9.44. The van der Waals surface area contributed by atoms with E-state index in [1.807, 2.05) is 30.3 Å². The molecule has 0 atom stereocenters. The average Bonchev–Trinajstić information content (AvgIpc) is 2.27. The highest BCUT2D eigenvalue weighted by Gasteiger charge is 2.22. The van der Waals surface area contributed by atoms with Gasteiger partial charge in [0.15, 0.2) is 0 Å². The van der Waals surface area contributed by atoms with Crippen LogP contribution in [0.4, 0.5) is 4.79 Å². The number of carbonyl (C=O) groups is 1. The Morgan fingerprint density at radius 1 is 1.28 bits per heavy atom. The molecule has 0 unspecified atom stereocenters. The van der Waals surface area contributed by atoms with E-state index >= 15 is 0 Å². The van der Waals surface area contributed by atoms with Gasteiger partial charge < -0.3 is 4.74 Å². The number of benzene rings is 1. The van der Waals surface area contributed by atoms with Gasteiger partial charge in [0.1, 0.15) is 5.60 Å². The van der Waals surface area contributed by atoms with Crippen molar-refractivity contribution in [1.29, 1.82) is 0 Å². The molecule has 18 heavy (non-hydrogen) atoms. The van der Waals surface area contributed by atoms with Gasteiger partial charge in [-0.25, -0.2) is 4.79 Å². The van der Waals surface area contributed by atoms with Crippen LogP contribution in [0.15, 0.2) is 30.3 Å². The predicted octanol–water partition coefficient (Wildman–Crippen LogP) is 2.53. The summed E-state index contributed by atoms with van der Waals surface area (Å²) < 4.78 is 5.23. The lowest BCUT2D eigenvalue weighted by Gasteiger charge is -2.26. The summed E-state index contributed by atoms with van der Waals surface area (Å²) in [6.45, 7) is 5.61. The molecular weight excluding hydrogens is 230 g/mol.